The van der Waals surface area contributed by atoms with Crippen molar-refractivity contribution in [3.8, 4) is 17.5 Å². The molecule has 0 aliphatic heterocycles. The SMILES string of the molecule is COC(=O)c1cc(C#C[Si](C)(C)C)cc(C#N)c1N. The summed E-state index contributed by atoms with van der Waals surface area (Å²) in [6, 6.07) is 5.12. The third-order valence-electron chi connectivity index (χ3n) is 2.29. The van der Waals surface area contributed by atoms with Crippen molar-refractivity contribution in [2.45, 2.75) is 19.6 Å². The van der Waals surface area contributed by atoms with Gasteiger partial charge >= 0.3 is 5.97 Å². The third kappa shape index (κ3) is 3.87. The van der Waals surface area contributed by atoms with E-state index in [2.05, 4.69) is 35.8 Å². The fourth-order valence-corrected chi connectivity index (χ4v) is 1.88. The lowest BCUT2D eigenvalue weighted by atomic mass is 10.0. The van der Waals surface area contributed by atoms with Crippen LogP contribution in [0.4, 0.5) is 5.69 Å². The average molecular weight is 272 g/mol. The smallest absolute Gasteiger partial charge is 0.340 e. The molecule has 0 atom stereocenters. The van der Waals surface area contributed by atoms with Crippen LogP contribution in [0, 0.1) is 22.8 Å². The second-order valence-electron chi connectivity index (χ2n) is 5.09. The van der Waals surface area contributed by atoms with E-state index in [0.29, 0.717) is 5.56 Å². The Bertz CT molecular complexity index is 613. The monoisotopic (exact) mass is 272 g/mol. The predicted molar refractivity (Wildman–Crippen MR) is 77.1 cm³/mol. The Morgan fingerprint density at radius 2 is 2.00 bits per heavy atom. The molecule has 4 nitrogen and oxygen atoms in total. The molecule has 0 fully saturated rings. The van der Waals surface area contributed by atoms with Crippen molar-refractivity contribution < 1.29 is 9.53 Å². The lowest BCUT2D eigenvalue weighted by molar-refractivity contribution is 0.0602. The van der Waals surface area contributed by atoms with Crippen LogP contribution in [0.25, 0.3) is 0 Å². The predicted octanol–water partition coefficient (Wildman–Crippen LogP) is 2.16. The normalized spacial score (nSPS) is 10.1. The number of hydrogen-bond acceptors (Lipinski definition) is 4. The van der Waals surface area contributed by atoms with Crippen molar-refractivity contribution in [3.63, 3.8) is 0 Å². The van der Waals surface area contributed by atoms with Gasteiger partial charge in [-0.1, -0.05) is 25.6 Å². The highest BCUT2D eigenvalue weighted by Gasteiger charge is 2.15. The van der Waals surface area contributed by atoms with Crippen molar-refractivity contribution in [3.05, 3.63) is 28.8 Å². The number of nitriles is 1. The zero-order valence-electron chi connectivity index (χ0n) is 11.5. The third-order valence-corrected chi connectivity index (χ3v) is 3.16. The van der Waals surface area contributed by atoms with Gasteiger partial charge in [-0.15, -0.1) is 5.54 Å². The number of ether oxygens (including phenoxy) is 1. The molecule has 19 heavy (non-hydrogen) atoms. The first-order valence-corrected chi connectivity index (χ1v) is 9.23. The molecule has 1 aromatic carbocycles. The first-order chi connectivity index (χ1) is 8.78. The van der Waals surface area contributed by atoms with Crippen molar-refractivity contribution in [1.29, 1.82) is 5.26 Å². The number of rotatable bonds is 1. The van der Waals surface area contributed by atoms with Crippen LogP contribution >= 0.6 is 0 Å². The average Bonchev–Trinajstić information content (AvgIpc) is 2.35. The quantitative estimate of drug-likeness (QED) is 0.368. The second kappa shape index (κ2) is 5.60. The maximum Gasteiger partial charge on any atom is 0.340 e. The Morgan fingerprint density at radius 1 is 1.37 bits per heavy atom. The van der Waals surface area contributed by atoms with Gasteiger partial charge in [0.25, 0.3) is 0 Å². The molecule has 5 heteroatoms. The fourth-order valence-electron chi connectivity index (χ4n) is 1.36. The summed E-state index contributed by atoms with van der Waals surface area (Å²) >= 11 is 0. The molecular formula is C14H16N2O2Si. The number of carbonyl (C=O) groups excluding carboxylic acids is 1. The van der Waals surface area contributed by atoms with Crippen LogP contribution in [0.5, 0.6) is 0 Å². The molecular weight excluding hydrogens is 256 g/mol. The molecule has 98 valence electrons. The maximum atomic E-state index is 11.6. The van der Waals surface area contributed by atoms with Gasteiger partial charge in [-0.2, -0.15) is 5.26 Å². The van der Waals surface area contributed by atoms with Gasteiger partial charge in [0.05, 0.1) is 23.9 Å². The molecule has 0 bridgehead atoms. The molecule has 2 N–H and O–H groups in total. The number of benzene rings is 1. The van der Waals surface area contributed by atoms with Crippen LogP contribution in [0.2, 0.25) is 19.6 Å². The highest BCUT2D eigenvalue weighted by atomic mass is 28.3. The largest absolute Gasteiger partial charge is 0.465 e. The molecule has 0 saturated heterocycles. The van der Waals surface area contributed by atoms with Crippen molar-refractivity contribution in [2.24, 2.45) is 0 Å². The van der Waals surface area contributed by atoms with Crippen LogP contribution in [-0.4, -0.2) is 21.2 Å². The van der Waals surface area contributed by atoms with Gasteiger partial charge in [-0.05, 0) is 12.1 Å². The van der Waals surface area contributed by atoms with Crippen LogP contribution in [0.3, 0.4) is 0 Å². The molecule has 0 aliphatic carbocycles. The summed E-state index contributed by atoms with van der Waals surface area (Å²) in [4.78, 5) is 11.6. The first-order valence-electron chi connectivity index (χ1n) is 5.73. The Labute approximate surface area is 114 Å². The Hall–Kier alpha value is -2.24. The van der Waals surface area contributed by atoms with Gasteiger partial charge in [0.1, 0.15) is 14.1 Å². The van der Waals surface area contributed by atoms with Crippen LogP contribution in [0.1, 0.15) is 21.5 Å². The molecule has 0 spiro atoms. The van der Waals surface area contributed by atoms with Crippen LogP contribution in [0.15, 0.2) is 12.1 Å². The number of esters is 1. The molecule has 1 rings (SSSR count). The van der Waals surface area contributed by atoms with Crippen molar-refractivity contribution in [1.82, 2.24) is 0 Å². The van der Waals surface area contributed by atoms with Gasteiger partial charge in [-0.25, -0.2) is 4.79 Å². The summed E-state index contributed by atoms with van der Waals surface area (Å²) in [5.74, 6) is 2.44. The summed E-state index contributed by atoms with van der Waals surface area (Å²) in [5, 5.41) is 9.03. The summed E-state index contributed by atoms with van der Waals surface area (Å²) in [6.07, 6.45) is 0. The number of hydrogen-bond donors (Lipinski definition) is 1. The summed E-state index contributed by atoms with van der Waals surface area (Å²) in [5.41, 5.74) is 10.1. The zero-order valence-corrected chi connectivity index (χ0v) is 12.5. The van der Waals surface area contributed by atoms with Gasteiger partial charge in [0.15, 0.2) is 0 Å². The second-order valence-corrected chi connectivity index (χ2v) is 9.84. The maximum absolute atomic E-state index is 11.6. The highest BCUT2D eigenvalue weighted by Crippen LogP contribution is 2.20. The number of nitrogens with two attached hydrogens (primary N) is 1. The van der Waals surface area contributed by atoms with E-state index >= 15 is 0 Å². The minimum atomic E-state index is -1.53. The summed E-state index contributed by atoms with van der Waals surface area (Å²) in [6.45, 7) is 6.34. The van der Waals surface area contributed by atoms with E-state index in [0.717, 1.165) is 0 Å². The Kier molecular flexibility index (Phi) is 4.37. The minimum absolute atomic E-state index is 0.132. The standard InChI is InChI=1S/C14H16N2O2Si/c1-18-14(17)12-8-10(5-6-19(2,3)4)7-11(9-15)13(12)16/h7-8H,16H2,1-4H3. The van der Waals surface area contributed by atoms with Crippen LogP contribution in [-0.2, 0) is 4.74 Å². The number of carbonyl (C=O) groups is 1. The van der Waals surface area contributed by atoms with E-state index in [4.69, 9.17) is 11.0 Å². The zero-order chi connectivity index (χ0) is 14.6. The molecule has 0 unspecified atom stereocenters. The van der Waals surface area contributed by atoms with E-state index in [-0.39, 0.29) is 16.8 Å². The topological polar surface area (TPSA) is 76.1 Å². The fraction of sp³-hybridized carbons (Fsp3) is 0.286. The van der Waals surface area contributed by atoms with Gasteiger partial charge in [0.2, 0.25) is 0 Å². The van der Waals surface area contributed by atoms with Gasteiger partial charge in [0, 0.05) is 5.56 Å². The molecule has 1 aromatic rings. The Balaban J connectivity index is 3.40. The van der Waals surface area contributed by atoms with Crippen molar-refractivity contribution >= 4 is 19.7 Å². The molecule has 0 aromatic heterocycles. The molecule has 0 radical (unpaired) electrons. The van der Waals surface area contributed by atoms with Crippen molar-refractivity contribution in [2.75, 3.05) is 12.8 Å². The number of anilines is 1. The lowest BCUT2D eigenvalue weighted by Crippen LogP contribution is -2.16. The Morgan fingerprint density at radius 3 is 2.47 bits per heavy atom. The van der Waals surface area contributed by atoms with E-state index in [1.54, 1.807) is 12.1 Å². The van der Waals surface area contributed by atoms with E-state index in [1.807, 2.05) is 6.07 Å². The highest BCUT2D eigenvalue weighted by molar-refractivity contribution is 6.83. The molecule has 0 heterocycles. The number of nitrogen functional groups attached to an aromatic ring is 1. The van der Waals surface area contributed by atoms with E-state index < -0.39 is 14.0 Å². The van der Waals surface area contributed by atoms with E-state index in [1.165, 1.54) is 7.11 Å². The first kappa shape index (κ1) is 14.8. The van der Waals surface area contributed by atoms with Crippen LogP contribution < -0.4 is 5.73 Å². The van der Waals surface area contributed by atoms with Gasteiger partial charge < -0.3 is 10.5 Å². The van der Waals surface area contributed by atoms with E-state index in [9.17, 15) is 4.79 Å². The minimum Gasteiger partial charge on any atom is -0.465 e. The molecule has 0 aliphatic rings. The number of nitrogens with zero attached hydrogens (tertiary/aromatic N) is 1. The summed E-state index contributed by atoms with van der Waals surface area (Å²) < 4.78 is 4.65. The van der Waals surface area contributed by atoms with Gasteiger partial charge in [-0.3, -0.25) is 0 Å². The molecule has 0 saturated carbocycles. The lowest BCUT2D eigenvalue weighted by Gasteiger charge is -2.07. The number of methoxy groups -OCH3 is 1. The molecule has 0 amide bonds. The summed E-state index contributed by atoms with van der Waals surface area (Å²) in [7, 11) is -0.253.